The van der Waals surface area contributed by atoms with E-state index in [1.165, 1.54) is 16.6 Å². The molecule has 9 nitrogen and oxygen atoms in total. The zero-order valence-electron chi connectivity index (χ0n) is 18.0. The molecule has 2 aromatic rings. The third-order valence-electron chi connectivity index (χ3n) is 5.06. The lowest BCUT2D eigenvalue weighted by molar-refractivity contribution is -0.144. The third-order valence-corrected chi connectivity index (χ3v) is 7.46. The lowest BCUT2D eigenvalue weighted by Gasteiger charge is -2.31. The number of rotatable bonds is 8. The Balaban J connectivity index is 1.87. The fraction of sp³-hybridized carbons (Fsp3) is 0.550. The maximum atomic E-state index is 13.3. The number of halogens is 1. The molecule has 0 aliphatic heterocycles. The fourth-order valence-electron chi connectivity index (χ4n) is 3.63. The van der Waals surface area contributed by atoms with Crippen molar-refractivity contribution in [2.24, 2.45) is 0 Å². The fourth-order valence-corrected chi connectivity index (χ4v) is 5.56. The summed E-state index contributed by atoms with van der Waals surface area (Å²) >= 11 is 3.35. The first-order valence-electron chi connectivity index (χ1n) is 10.2. The van der Waals surface area contributed by atoms with Gasteiger partial charge in [-0.15, -0.1) is 0 Å². The number of sulfonamides is 1. The molecule has 3 rings (SSSR count). The van der Waals surface area contributed by atoms with Gasteiger partial charge in [0.15, 0.2) is 0 Å². The van der Waals surface area contributed by atoms with Crippen molar-refractivity contribution in [3.8, 4) is 5.88 Å². The van der Waals surface area contributed by atoms with E-state index >= 15 is 0 Å². The topological polar surface area (TPSA) is 104 Å². The van der Waals surface area contributed by atoms with Crippen LogP contribution in [0.2, 0.25) is 0 Å². The van der Waals surface area contributed by atoms with Gasteiger partial charge in [-0.3, -0.25) is 9.48 Å². The maximum absolute atomic E-state index is 13.3. The van der Waals surface area contributed by atoms with Crippen LogP contribution in [0, 0.1) is 0 Å². The van der Waals surface area contributed by atoms with Gasteiger partial charge in [0, 0.05) is 18.3 Å². The molecule has 170 valence electrons. The van der Waals surface area contributed by atoms with Crippen molar-refractivity contribution in [3.63, 3.8) is 0 Å². The van der Waals surface area contributed by atoms with Gasteiger partial charge in [0.25, 0.3) is 0 Å². The highest BCUT2D eigenvalue weighted by molar-refractivity contribution is 9.10. The van der Waals surface area contributed by atoms with Crippen molar-refractivity contribution in [1.82, 2.24) is 19.1 Å². The van der Waals surface area contributed by atoms with Crippen molar-refractivity contribution in [2.75, 3.05) is 13.7 Å². The van der Waals surface area contributed by atoms with E-state index in [0.29, 0.717) is 23.4 Å². The number of carbonyl (C=O) groups is 1. The van der Waals surface area contributed by atoms with Crippen LogP contribution in [-0.4, -0.2) is 53.2 Å². The number of carbonyl (C=O) groups excluding carboxylic acids is 1. The second-order valence-electron chi connectivity index (χ2n) is 7.56. The molecule has 1 aliphatic carbocycles. The molecule has 0 fully saturated rings. The van der Waals surface area contributed by atoms with Crippen LogP contribution < -0.4 is 4.74 Å². The number of fused-ring (bicyclic) bond motifs is 1. The molecule has 0 radical (unpaired) electrons. The summed E-state index contributed by atoms with van der Waals surface area (Å²) in [6, 6.07) is 1.12. The average Bonchev–Trinajstić information content (AvgIpc) is 3.11. The number of pyridine rings is 1. The Morgan fingerprint density at radius 3 is 2.77 bits per heavy atom. The summed E-state index contributed by atoms with van der Waals surface area (Å²) in [5, 5.41) is 4.32. The number of hydrogen-bond donors (Lipinski definition) is 0. The summed E-state index contributed by atoms with van der Waals surface area (Å²) in [6.07, 6.45) is 5.06. The normalized spacial score (nSPS) is 16.4. The lowest BCUT2D eigenvalue weighted by atomic mass is 9.93. The summed E-state index contributed by atoms with van der Waals surface area (Å²) in [4.78, 5) is 16.1. The van der Waals surface area contributed by atoms with E-state index in [1.54, 1.807) is 24.9 Å². The van der Waals surface area contributed by atoms with Gasteiger partial charge < -0.3 is 9.47 Å². The molecule has 0 amide bonds. The Morgan fingerprint density at radius 2 is 2.13 bits per heavy atom. The molecule has 1 aliphatic rings. The minimum atomic E-state index is -3.81. The van der Waals surface area contributed by atoms with Crippen molar-refractivity contribution in [3.05, 3.63) is 34.2 Å². The monoisotopic (exact) mass is 514 g/mol. The molecule has 1 atom stereocenters. The van der Waals surface area contributed by atoms with Crippen LogP contribution >= 0.6 is 15.9 Å². The van der Waals surface area contributed by atoms with Crippen molar-refractivity contribution in [1.29, 1.82) is 0 Å². The maximum Gasteiger partial charge on any atom is 0.327 e. The van der Waals surface area contributed by atoms with Crippen LogP contribution in [-0.2, 0) is 32.5 Å². The number of nitrogens with zero attached hydrogens (tertiary/aromatic N) is 4. The van der Waals surface area contributed by atoms with Crippen molar-refractivity contribution >= 4 is 31.9 Å². The van der Waals surface area contributed by atoms with Gasteiger partial charge >= 0.3 is 5.97 Å². The summed E-state index contributed by atoms with van der Waals surface area (Å²) in [6.45, 7) is 5.81. The first-order chi connectivity index (χ1) is 14.6. The van der Waals surface area contributed by atoms with Crippen molar-refractivity contribution in [2.45, 2.75) is 63.6 Å². The van der Waals surface area contributed by atoms with E-state index in [2.05, 4.69) is 26.0 Å². The standard InChI is InChI=1S/C20H27BrN4O5S/c1-5-29-19(26)12-25-18-8-6-7-17(15(18)11-23-25)24(4)31(27,28)14-9-16(21)20(22-10-14)30-13(2)3/h9-11,13,17H,5-8,12H2,1-4H3. The quantitative estimate of drug-likeness (QED) is 0.498. The second-order valence-corrected chi connectivity index (χ2v) is 10.4. The molecule has 2 aromatic heterocycles. The highest BCUT2D eigenvalue weighted by Crippen LogP contribution is 2.37. The Kier molecular flexibility index (Phi) is 7.38. The smallest absolute Gasteiger partial charge is 0.327 e. The minimum absolute atomic E-state index is 0.0144. The van der Waals surface area contributed by atoms with Gasteiger partial charge in [-0.05, 0) is 62.0 Å². The van der Waals surface area contributed by atoms with Crippen LogP contribution in [0.25, 0.3) is 0 Å². The van der Waals surface area contributed by atoms with Gasteiger partial charge in [-0.1, -0.05) is 0 Å². The second kappa shape index (κ2) is 9.66. The molecule has 11 heteroatoms. The zero-order chi connectivity index (χ0) is 22.8. The van der Waals surface area contributed by atoms with Gasteiger partial charge in [-0.2, -0.15) is 9.40 Å². The average molecular weight is 515 g/mol. The van der Waals surface area contributed by atoms with E-state index in [-0.39, 0.29) is 29.6 Å². The van der Waals surface area contributed by atoms with Gasteiger partial charge in [0.2, 0.25) is 15.9 Å². The third kappa shape index (κ3) is 5.09. The molecular weight excluding hydrogens is 488 g/mol. The SMILES string of the molecule is CCOC(=O)Cn1ncc2c1CCCC2N(C)S(=O)(=O)c1cnc(OC(C)C)c(Br)c1. The molecule has 0 saturated carbocycles. The van der Waals surface area contributed by atoms with Crippen molar-refractivity contribution < 1.29 is 22.7 Å². The highest BCUT2D eigenvalue weighted by Gasteiger charge is 2.34. The predicted molar refractivity (Wildman–Crippen MR) is 117 cm³/mol. The van der Waals surface area contributed by atoms with Crippen LogP contribution in [0.3, 0.4) is 0 Å². The molecule has 0 spiro atoms. The van der Waals surface area contributed by atoms with Crippen LogP contribution in [0.4, 0.5) is 0 Å². The number of esters is 1. The highest BCUT2D eigenvalue weighted by atomic mass is 79.9. The molecule has 31 heavy (non-hydrogen) atoms. The lowest BCUT2D eigenvalue weighted by Crippen LogP contribution is -2.33. The number of aromatic nitrogens is 3. The summed E-state index contributed by atoms with van der Waals surface area (Å²) < 4.78 is 40.7. The van der Waals surface area contributed by atoms with Crippen LogP contribution in [0.15, 0.2) is 27.8 Å². The Labute approximate surface area is 190 Å². The van der Waals surface area contributed by atoms with E-state index in [1.807, 2.05) is 13.8 Å². The van der Waals surface area contributed by atoms with Gasteiger partial charge in [0.1, 0.15) is 11.4 Å². The number of ether oxygens (including phenoxy) is 2. The first kappa shape index (κ1) is 23.7. The van der Waals surface area contributed by atoms with Gasteiger partial charge in [0.05, 0.1) is 35.6 Å². The van der Waals surface area contributed by atoms with Crippen LogP contribution in [0.1, 0.15) is 50.9 Å². The molecule has 0 aromatic carbocycles. The summed E-state index contributed by atoms with van der Waals surface area (Å²) in [5.41, 5.74) is 1.68. The zero-order valence-corrected chi connectivity index (χ0v) is 20.4. The van der Waals surface area contributed by atoms with Crippen LogP contribution in [0.5, 0.6) is 5.88 Å². The molecule has 2 heterocycles. The molecular formula is C20H27BrN4O5S. The minimum Gasteiger partial charge on any atom is -0.474 e. The Morgan fingerprint density at radius 1 is 1.39 bits per heavy atom. The predicted octanol–water partition coefficient (Wildman–Crippen LogP) is 3.09. The van der Waals surface area contributed by atoms with E-state index < -0.39 is 10.0 Å². The molecule has 0 N–H and O–H groups in total. The van der Waals surface area contributed by atoms with E-state index in [4.69, 9.17) is 9.47 Å². The molecule has 0 bridgehead atoms. The van der Waals surface area contributed by atoms with Gasteiger partial charge in [-0.25, -0.2) is 13.4 Å². The molecule has 0 saturated heterocycles. The summed E-state index contributed by atoms with van der Waals surface area (Å²) in [5.74, 6) is -0.0204. The Bertz CT molecular complexity index is 1050. The largest absolute Gasteiger partial charge is 0.474 e. The number of hydrogen-bond acceptors (Lipinski definition) is 7. The first-order valence-corrected chi connectivity index (χ1v) is 12.4. The Hall–Kier alpha value is -1.98. The van der Waals surface area contributed by atoms with E-state index in [9.17, 15) is 13.2 Å². The van der Waals surface area contributed by atoms with E-state index in [0.717, 1.165) is 24.1 Å². The summed E-state index contributed by atoms with van der Waals surface area (Å²) in [7, 11) is -2.26. The molecule has 1 unspecified atom stereocenters.